The van der Waals surface area contributed by atoms with Crippen molar-refractivity contribution in [2.45, 2.75) is 19.8 Å². The molecule has 0 atom stereocenters. The number of benzene rings is 1. The minimum atomic E-state index is -0.296. The van der Waals surface area contributed by atoms with Crippen LogP contribution in [0.1, 0.15) is 50.8 Å². The Morgan fingerprint density at radius 3 is 2.52 bits per heavy atom. The number of hydrogen-bond acceptors (Lipinski definition) is 4. The summed E-state index contributed by atoms with van der Waals surface area (Å²) in [5.74, 6) is -0.678. The number of carbonyl (C=O) groups is 3. The summed E-state index contributed by atoms with van der Waals surface area (Å²) in [5, 5.41) is 0. The first kappa shape index (κ1) is 15.7. The summed E-state index contributed by atoms with van der Waals surface area (Å²) in [7, 11) is 0. The smallest absolute Gasteiger partial charge is 0.261 e. The molecule has 0 bridgehead atoms. The lowest BCUT2D eigenvalue weighted by Gasteiger charge is -2.26. The van der Waals surface area contributed by atoms with Crippen LogP contribution in [-0.2, 0) is 4.74 Å². The fourth-order valence-electron chi connectivity index (χ4n) is 2.89. The SMILES string of the molecule is CCCCN1C(=O)c2ccc(C(=O)N3CCOCC3)cc2C1=O. The van der Waals surface area contributed by atoms with Crippen molar-refractivity contribution in [3.05, 3.63) is 34.9 Å². The van der Waals surface area contributed by atoms with E-state index < -0.39 is 0 Å². The Labute approximate surface area is 135 Å². The van der Waals surface area contributed by atoms with Gasteiger partial charge in [-0.05, 0) is 24.6 Å². The third-order valence-corrected chi connectivity index (χ3v) is 4.25. The standard InChI is InChI=1S/C17H20N2O4/c1-2-3-6-19-16(21)13-5-4-12(11-14(13)17(19)22)15(20)18-7-9-23-10-8-18/h4-5,11H,2-3,6-10H2,1H3. The molecule has 3 amide bonds. The molecule has 3 rings (SSSR count). The number of imide groups is 1. The summed E-state index contributed by atoms with van der Waals surface area (Å²) in [6.45, 7) is 4.58. The van der Waals surface area contributed by atoms with E-state index in [2.05, 4.69) is 0 Å². The normalized spacial score (nSPS) is 17.6. The first-order valence-electron chi connectivity index (χ1n) is 8.00. The molecular weight excluding hydrogens is 296 g/mol. The zero-order valence-corrected chi connectivity index (χ0v) is 13.2. The molecule has 6 heteroatoms. The maximum atomic E-state index is 12.5. The fourth-order valence-corrected chi connectivity index (χ4v) is 2.89. The van der Waals surface area contributed by atoms with Crippen molar-refractivity contribution in [2.24, 2.45) is 0 Å². The maximum Gasteiger partial charge on any atom is 0.261 e. The molecule has 0 radical (unpaired) electrons. The Morgan fingerprint density at radius 2 is 1.83 bits per heavy atom. The van der Waals surface area contributed by atoms with Crippen LogP contribution in [0.3, 0.4) is 0 Å². The molecule has 0 N–H and O–H groups in total. The van der Waals surface area contributed by atoms with E-state index >= 15 is 0 Å². The van der Waals surface area contributed by atoms with Gasteiger partial charge in [0.1, 0.15) is 0 Å². The number of ether oxygens (including phenoxy) is 1. The van der Waals surface area contributed by atoms with Gasteiger partial charge in [0.05, 0.1) is 24.3 Å². The maximum absolute atomic E-state index is 12.5. The highest BCUT2D eigenvalue weighted by molar-refractivity contribution is 6.22. The van der Waals surface area contributed by atoms with Gasteiger partial charge in [0.2, 0.25) is 0 Å². The van der Waals surface area contributed by atoms with Crippen molar-refractivity contribution in [1.29, 1.82) is 0 Å². The van der Waals surface area contributed by atoms with E-state index in [1.807, 2.05) is 6.92 Å². The second-order valence-corrected chi connectivity index (χ2v) is 5.78. The van der Waals surface area contributed by atoms with Crippen LogP contribution in [0, 0.1) is 0 Å². The molecule has 1 aromatic rings. The van der Waals surface area contributed by atoms with Crippen LogP contribution in [0.25, 0.3) is 0 Å². The van der Waals surface area contributed by atoms with Gasteiger partial charge in [0.25, 0.3) is 17.7 Å². The van der Waals surface area contributed by atoms with Crippen molar-refractivity contribution >= 4 is 17.7 Å². The Hall–Kier alpha value is -2.21. The third-order valence-electron chi connectivity index (χ3n) is 4.25. The van der Waals surface area contributed by atoms with E-state index in [4.69, 9.17) is 4.74 Å². The monoisotopic (exact) mass is 316 g/mol. The highest BCUT2D eigenvalue weighted by Crippen LogP contribution is 2.25. The average Bonchev–Trinajstić information content (AvgIpc) is 2.83. The van der Waals surface area contributed by atoms with E-state index in [9.17, 15) is 14.4 Å². The number of amides is 3. The molecule has 2 heterocycles. The van der Waals surface area contributed by atoms with Crippen LogP contribution < -0.4 is 0 Å². The largest absolute Gasteiger partial charge is 0.378 e. The summed E-state index contributed by atoms with van der Waals surface area (Å²) < 4.78 is 5.24. The number of rotatable bonds is 4. The number of hydrogen-bond donors (Lipinski definition) is 0. The van der Waals surface area contributed by atoms with Crippen LogP contribution in [0.5, 0.6) is 0 Å². The Balaban J connectivity index is 1.83. The number of unbranched alkanes of at least 4 members (excludes halogenated alkanes) is 1. The Kier molecular flexibility index (Phi) is 4.43. The lowest BCUT2D eigenvalue weighted by Crippen LogP contribution is -2.40. The van der Waals surface area contributed by atoms with Gasteiger partial charge in [-0.2, -0.15) is 0 Å². The van der Waals surface area contributed by atoms with Crippen molar-refractivity contribution in [3.8, 4) is 0 Å². The number of fused-ring (bicyclic) bond motifs is 1. The van der Waals surface area contributed by atoms with Crippen molar-refractivity contribution in [1.82, 2.24) is 9.80 Å². The van der Waals surface area contributed by atoms with Gasteiger partial charge in [-0.3, -0.25) is 19.3 Å². The molecule has 0 saturated carbocycles. The topological polar surface area (TPSA) is 66.9 Å². The second kappa shape index (κ2) is 6.50. The van der Waals surface area contributed by atoms with Crippen LogP contribution in [-0.4, -0.2) is 60.4 Å². The molecule has 2 aliphatic rings. The summed E-state index contributed by atoms with van der Waals surface area (Å²) in [6.07, 6.45) is 1.69. The molecule has 6 nitrogen and oxygen atoms in total. The van der Waals surface area contributed by atoms with Gasteiger partial charge >= 0.3 is 0 Å². The zero-order chi connectivity index (χ0) is 16.4. The summed E-state index contributed by atoms with van der Waals surface area (Å²) in [5.41, 5.74) is 1.18. The van der Waals surface area contributed by atoms with Crippen LogP contribution in [0.2, 0.25) is 0 Å². The lowest BCUT2D eigenvalue weighted by molar-refractivity contribution is 0.0303. The second-order valence-electron chi connectivity index (χ2n) is 5.78. The van der Waals surface area contributed by atoms with Gasteiger partial charge in [-0.25, -0.2) is 0 Å². The molecule has 0 spiro atoms. The number of carbonyl (C=O) groups excluding carboxylic acids is 3. The van der Waals surface area contributed by atoms with E-state index in [1.54, 1.807) is 23.1 Å². The molecule has 1 fully saturated rings. The Bertz CT molecular complexity index is 650. The van der Waals surface area contributed by atoms with E-state index in [-0.39, 0.29) is 17.7 Å². The molecule has 23 heavy (non-hydrogen) atoms. The van der Waals surface area contributed by atoms with Gasteiger partial charge in [-0.1, -0.05) is 13.3 Å². The highest BCUT2D eigenvalue weighted by atomic mass is 16.5. The zero-order valence-electron chi connectivity index (χ0n) is 13.2. The minimum Gasteiger partial charge on any atom is -0.378 e. The van der Waals surface area contributed by atoms with E-state index in [0.29, 0.717) is 49.5 Å². The molecule has 0 aliphatic carbocycles. The molecule has 1 saturated heterocycles. The summed E-state index contributed by atoms with van der Waals surface area (Å²) >= 11 is 0. The molecular formula is C17H20N2O4. The first-order valence-corrected chi connectivity index (χ1v) is 8.00. The van der Waals surface area contributed by atoms with Crippen molar-refractivity contribution in [3.63, 3.8) is 0 Å². The predicted molar refractivity (Wildman–Crippen MR) is 83.4 cm³/mol. The average molecular weight is 316 g/mol. The quantitative estimate of drug-likeness (QED) is 0.791. The van der Waals surface area contributed by atoms with Gasteiger partial charge < -0.3 is 9.64 Å². The van der Waals surface area contributed by atoms with Crippen LogP contribution in [0.15, 0.2) is 18.2 Å². The Morgan fingerprint density at radius 1 is 1.13 bits per heavy atom. The fraction of sp³-hybridized carbons (Fsp3) is 0.471. The predicted octanol–water partition coefficient (Wildman–Crippen LogP) is 1.56. The van der Waals surface area contributed by atoms with Gasteiger partial charge in [0.15, 0.2) is 0 Å². The molecule has 122 valence electrons. The molecule has 1 aromatic carbocycles. The highest BCUT2D eigenvalue weighted by Gasteiger charge is 2.35. The van der Waals surface area contributed by atoms with Gasteiger partial charge in [-0.15, -0.1) is 0 Å². The number of nitrogens with zero attached hydrogens (tertiary/aromatic N) is 2. The van der Waals surface area contributed by atoms with Gasteiger partial charge in [0, 0.05) is 25.2 Å². The number of morpholine rings is 1. The summed E-state index contributed by atoms with van der Waals surface area (Å²) in [4.78, 5) is 40.2. The van der Waals surface area contributed by atoms with Crippen LogP contribution >= 0.6 is 0 Å². The first-order chi connectivity index (χ1) is 11.1. The van der Waals surface area contributed by atoms with E-state index in [0.717, 1.165) is 12.8 Å². The minimum absolute atomic E-state index is 0.122. The molecule has 0 unspecified atom stereocenters. The van der Waals surface area contributed by atoms with Crippen molar-refractivity contribution < 1.29 is 19.1 Å². The molecule has 2 aliphatic heterocycles. The van der Waals surface area contributed by atoms with Crippen molar-refractivity contribution in [2.75, 3.05) is 32.8 Å². The lowest BCUT2D eigenvalue weighted by atomic mass is 10.0. The van der Waals surface area contributed by atoms with E-state index in [1.165, 1.54) is 4.90 Å². The molecule has 0 aromatic heterocycles. The third kappa shape index (κ3) is 2.86. The van der Waals surface area contributed by atoms with Crippen LogP contribution in [0.4, 0.5) is 0 Å². The summed E-state index contributed by atoms with van der Waals surface area (Å²) in [6, 6.07) is 4.78.